The highest BCUT2D eigenvalue weighted by molar-refractivity contribution is 5.95. The Morgan fingerprint density at radius 1 is 1.53 bits per heavy atom. The van der Waals surface area contributed by atoms with E-state index in [2.05, 4.69) is 23.9 Å². The van der Waals surface area contributed by atoms with Gasteiger partial charge in [0, 0.05) is 31.4 Å². The Bertz CT molecular complexity index is 474. The Balaban J connectivity index is 2.12. The van der Waals surface area contributed by atoms with E-state index in [1.807, 2.05) is 12.1 Å². The van der Waals surface area contributed by atoms with Crippen LogP contribution in [0.4, 0.5) is 5.69 Å². The van der Waals surface area contributed by atoms with Gasteiger partial charge >= 0.3 is 5.97 Å². The van der Waals surface area contributed by atoms with Crippen LogP contribution in [0.5, 0.6) is 0 Å². The Hall–Kier alpha value is -1.59. The van der Waals surface area contributed by atoms with Crippen LogP contribution in [0.1, 0.15) is 22.3 Å². The normalized spacial score (nSPS) is 20.1. The second-order valence-electron chi connectivity index (χ2n) is 5.33. The SMILES string of the molecule is CN(C)C1CCN(Cc2cccc(N)c2C(=O)O)C1. The summed E-state index contributed by atoms with van der Waals surface area (Å²) in [4.78, 5) is 15.8. The zero-order valence-corrected chi connectivity index (χ0v) is 11.5. The molecule has 0 radical (unpaired) electrons. The third-order valence-electron chi connectivity index (χ3n) is 3.77. The molecule has 1 atom stereocenters. The molecule has 3 N–H and O–H groups in total. The molecular formula is C14H21N3O2. The number of anilines is 1. The molecule has 0 spiro atoms. The summed E-state index contributed by atoms with van der Waals surface area (Å²) >= 11 is 0. The van der Waals surface area contributed by atoms with Crippen molar-refractivity contribution in [2.45, 2.75) is 19.0 Å². The van der Waals surface area contributed by atoms with Crippen LogP contribution < -0.4 is 5.73 Å². The number of likely N-dealkylation sites (N-methyl/N-ethyl adjacent to an activating group) is 1. The summed E-state index contributed by atoms with van der Waals surface area (Å²) in [5, 5.41) is 9.25. The number of hydrogen-bond acceptors (Lipinski definition) is 4. The lowest BCUT2D eigenvalue weighted by atomic mass is 10.1. The van der Waals surface area contributed by atoms with Gasteiger partial charge in [0.2, 0.25) is 0 Å². The molecule has 1 heterocycles. The van der Waals surface area contributed by atoms with Gasteiger partial charge < -0.3 is 15.7 Å². The van der Waals surface area contributed by atoms with Crippen molar-refractivity contribution in [3.8, 4) is 0 Å². The van der Waals surface area contributed by atoms with E-state index in [0.29, 0.717) is 18.3 Å². The monoisotopic (exact) mass is 263 g/mol. The van der Waals surface area contributed by atoms with Crippen LogP contribution in [0.25, 0.3) is 0 Å². The van der Waals surface area contributed by atoms with E-state index < -0.39 is 5.97 Å². The minimum absolute atomic E-state index is 0.246. The highest BCUT2D eigenvalue weighted by Crippen LogP contribution is 2.22. The quantitative estimate of drug-likeness (QED) is 0.796. The van der Waals surface area contributed by atoms with Gasteiger partial charge in [-0.3, -0.25) is 4.90 Å². The number of nitrogen functional groups attached to an aromatic ring is 1. The smallest absolute Gasteiger partial charge is 0.338 e. The minimum Gasteiger partial charge on any atom is -0.478 e. The molecular weight excluding hydrogens is 242 g/mol. The molecule has 5 heteroatoms. The second kappa shape index (κ2) is 5.59. The summed E-state index contributed by atoms with van der Waals surface area (Å²) in [5.74, 6) is -0.948. The van der Waals surface area contributed by atoms with Gasteiger partial charge in [-0.25, -0.2) is 4.79 Å². The van der Waals surface area contributed by atoms with Crippen molar-refractivity contribution in [3.05, 3.63) is 29.3 Å². The molecule has 0 bridgehead atoms. The van der Waals surface area contributed by atoms with Gasteiger partial charge in [-0.05, 0) is 32.1 Å². The van der Waals surface area contributed by atoms with Crippen molar-refractivity contribution >= 4 is 11.7 Å². The molecule has 1 aliphatic heterocycles. The highest BCUT2D eigenvalue weighted by atomic mass is 16.4. The molecule has 104 valence electrons. The Morgan fingerprint density at radius 2 is 2.26 bits per heavy atom. The molecule has 0 amide bonds. The molecule has 0 saturated carbocycles. The number of carboxylic acid groups (broad SMARTS) is 1. The topological polar surface area (TPSA) is 69.8 Å². The van der Waals surface area contributed by atoms with E-state index in [4.69, 9.17) is 5.73 Å². The van der Waals surface area contributed by atoms with Gasteiger partial charge in [0.1, 0.15) is 0 Å². The molecule has 0 aliphatic carbocycles. The number of rotatable bonds is 4. The molecule has 0 aromatic heterocycles. The molecule has 1 fully saturated rings. The standard InChI is InChI=1S/C14H21N3O2/c1-16(2)11-6-7-17(9-11)8-10-4-3-5-12(15)13(10)14(18)19/h3-5,11H,6-9,15H2,1-2H3,(H,18,19). The van der Waals surface area contributed by atoms with Crippen molar-refractivity contribution in [1.29, 1.82) is 0 Å². The van der Waals surface area contributed by atoms with Gasteiger partial charge in [-0.15, -0.1) is 0 Å². The number of nitrogens with two attached hydrogens (primary N) is 1. The predicted molar refractivity (Wildman–Crippen MR) is 75.2 cm³/mol. The number of hydrogen-bond donors (Lipinski definition) is 2. The van der Waals surface area contributed by atoms with E-state index in [1.54, 1.807) is 6.07 Å². The lowest BCUT2D eigenvalue weighted by Gasteiger charge is -2.21. The van der Waals surface area contributed by atoms with Crippen molar-refractivity contribution in [2.75, 3.05) is 32.9 Å². The highest BCUT2D eigenvalue weighted by Gasteiger charge is 2.25. The molecule has 1 aliphatic rings. The zero-order valence-electron chi connectivity index (χ0n) is 11.5. The fraction of sp³-hybridized carbons (Fsp3) is 0.500. The van der Waals surface area contributed by atoms with Crippen LogP contribution in [-0.4, -0.2) is 54.1 Å². The number of likely N-dealkylation sites (tertiary alicyclic amines) is 1. The number of carbonyl (C=O) groups is 1. The minimum atomic E-state index is -0.948. The average molecular weight is 263 g/mol. The number of benzene rings is 1. The van der Waals surface area contributed by atoms with Crippen LogP contribution in [0.15, 0.2) is 18.2 Å². The summed E-state index contributed by atoms with van der Waals surface area (Å²) in [6.45, 7) is 2.62. The van der Waals surface area contributed by atoms with E-state index in [1.165, 1.54) is 0 Å². The predicted octanol–water partition coefficient (Wildman–Crippen LogP) is 1.10. The Morgan fingerprint density at radius 3 is 2.84 bits per heavy atom. The van der Waals surface area contributed by atoms with Crippen LogP contribution >= 0.6 is 0 Å². The lowest BCUT2D eigenvalue weighted by Crippen LogP contribution is -2.31. The first-order valence-corrected chi connectivity index (χ1v) is 6.48. The van der Waals surface area contributed by atoms with Crippen molar-refractivity contribution in [1.82, 2.24) is 9.80 Å². The average Bonchev–Trinajstić information content (AvgIpc) is 2.77. The second-order valence-corrected chi connectivity index (χ2v) is 5.33. The van der Waals surface area contributed by atoms with Crippen molar-refractivity contribution in [2.24, 2.45) is 0 Å². The third kappa shape index (κ3) is 3.05. The first-order valence-electron chi connectivity index (χ1n) is 6.48. The maximum absolute atomic E-state index is 11.3. The summed E-state index contributed by atoms with van der Waals surface area (Å²) in [5.41, 5.74) is 7.15. The molecule has 1 unspecified atom stereocenters. The Kier molecular flexibility index (Phi) is 4.07. The summed E-state index contributed by atoms with van der Waals surface area (Å²) in [6.07, 6.45) is 1.12. The van der Waals surface area contributed by atoms with Crippen LogP contribution in [0, 0.1) is 0 Å². The first-order chi connectivity index (χ1) is 8.99. The summed E-state index contributed by atoms with van der Waals surface area (Å²) in [6, 6.07) is 5.85. The van der Waals surface area contributed by atoms with Gasteiger partial charge in [0.25, 0.3) is 0 Å². The van der Waals surface area contributed by atoms with E-state index >= 15 is 0 Å². The van der Waals surface area contributed by atoms with E-state index in [9.17, 15) is 9.90 Å². The molecule has 1 aromatic carbocycles. The van der Waals surface area contributed by atoms with E-state index in [0.717, 1.165) is 25.1 Å². The van der Waals surface area contributed by atoms with Crippen LogP contribution in [0.3, 0.4) is 0 Å². The number of carboxylic acids is 1. The summed E-state index contributed by atoms with van der Waals surface area (Å²) < 4.78 is 0. The van der Waals surface area contributed by atoms with Crippen molar-refractivity contribution < 1.29 is 9.90 Å². The number of aromatic carboxylic acids is 1. The number of nitrogens with zero attached hydrogens (tertiary/aromatic N) is 2. The molecule has 1 saturated heterocycles. The van der Waals surface area contributed by atoms with Crippen LogP contribution in [-0.2, 0) is 6.54 Å². The summed E-state index contributed by atoms with van der Waals surface area (Å²) in [7, 11) is 4.16. The van der Waals surface area contributed by atoms with E-state index in [-0.39, 0.29) is 5.56 Å². The van der Waals surface area contributed by atoms with Crippen LogP contribution in [0.2, 0.25) is 0 Å². The molecule has 19 heavy (non-hydrogen) atoms. The fourth-order valence-electron chi connectivity index (χ4n) is 2.63. The van der Waals surface area contributed by atoms with Gasteiger partial charge in [-0.2, -0.15) is 0 Å². The van der Waals surface area contributed by atoms with Gasteiger partial charge in [0.15, 0.2) is 0 Å². The molecule has 5 nitrogen and oxygen atoms in total. The molecule has 1 aromatic rings. The Labute approximate surface area is 113 Å². The lowest BCUT2D eigenvalue weighted by molar-refractivity contribution is 0.0696. The maximum Gasteiger partial charge on any atom is 0.338 e. The fourth-order valence-corrected chi connectivity index (χ4v) is 2.63. The van der Waals surface area contributed by atoms with Crippen molar-refractivity contribution in [3.63, 3.8) is 0 Å². The molecule has 2 rings (SSSR count). The van der Waals surface area contributed by atoms with Gasteiger partial charge in [-0.1, -0.05) is 12.1 Å². The zero-order chi connectivity index (χ0) is 14.0. The first kappa shape index (κ1) is 13.8. The third-order valence-corrected chi connectivity index (χ3v) is 3.77. The van der Waals surface area contributed by atoms with Gasteiger partial charge in [0.05, 0.1) is 5.56 Å². The largest absolute Gasteiger partial charge is 0.478 e. The maximum atomic E-state index is 11.3.